The minimum atomic E-state index is -4.09. The summed E-state index contributed by atoms with van der Waals surface area (Å²) in [7, 11) is -1.07. The average Bonchev–Trinajstić information content (AvgIpc) is 2.73. The van der Waals surface area contributed by atoms with Crippen LogP contribution in [0.2, 0.25) is 5.02 Å². The van der Waals surface area contributed by atoms with Crippen LogP contribution in [0, 0.1) is 12.7 Å². The maximum Gasteiger partial charge on any atom is 0.264 e. The number of methoxy groups -OCH3 is 2. The highest BCUT2D eigenvalue weighted by Gasteiger charge is 2.26. The number of sulfonamides is 1. The highest BCUT2D eigenvalue weighted by molar-refractivity contribution is 7.92. The summed E-state index contributed by atoms with van der Waals surface area (Å²) in [5, 5.41) is 0.381. The molecule has 0 unspecified atom stereocenters. The van der Waals surface area contributed by atoms with Gasteiger partial charge in [0, 0.05) is 11.1 Å². The quantitative estimate of drug-likeness (QED) is 0.497. The van der Waals surface area contributed by atoms with E-state index in [-0.39, 0.29) is 11.4 Å². The third-order valence-electron chi connectivity index (χ3n) is 4.56. The number of hydrogen-bond acceptors (Lipinski definition) is 4. The Morgan fingerprint density at radius 1 is 0.967 bits per heavy atom. The van der Waals surface area contributed by atoms with Gasteiger partial charge in [0.05, 0.1) is 31.3 Å². The summed E-state index contributed by atoms with van der Waals surface area (Å²) in [5.41, 5.74) is 1.34. The topological polar surface area (TPSA) is 55.8 Å². The molecular weight excluding hydrogens is 429 g/mol. The molecule has 0 bridgehead atoms. The number of ether oxygens (including phenoxy) is 2. The lowest BCUT2D eigenvalue weighted by molar-refractivity contribution is 0.393. The van der Waals surface area contributed by atoms with Gasteiger partial charge in [0.15, 0.2) is 0 Å². The second-order valence-corrected chi connectivity index (χ2v) is 8.92. The molecular formula is C22H21ClFNO4S. The van der Waals surface area contributed by atoms with Crippen molar-refractivity contribution in [3.05, 3.63) is 82.6 Å². The molecule has 30 heavy (non-hydrogen) atoms. The van der Waals surface area contributed by atoms with Crippen molar-refractivity contribution >= 4 is 27.3 Å². The molecule has 3 rings (SSSR count). The van der Waals surface area contributed by atoms with Crippen LogP contribution in [0.3, 0.4) is 0 Å². The minimum Gasteiger partial charge on any atom is -0.497 e. The number of benzene rings is 3. The van der Waals surface area contributed by atoms with Crippen molar-refractivity contribution in [2.45, 2.75) is 18.4 Å². The number of halogens is 2. The second-order valence-electron chi connectivity index (χ2n) is 6.62. The summed E-state index contributed by atoms with van der Waals surface area (Å²) in [4.78, 5) is -0.152. The van der Waals surface area contributed by atoms with E-state index in [4.69, 9.17) is 21.1 Å². The van der Waals surface area contributed by atoms with E-state index in [1.54, 1.807) is 49.4 Å². The highest BCUT2D eigenvalue weighted by Crippen LogP contribution is 2.31. The van der Waals surface area contributed by atoms with Crippen LogP contribution in [0.4, 0.5) is 10.1 Å². The van der Waals surface area contributed by atoms with Gasteiger partial charge >= 0.3 is 0 Å². The lowest BCUT2D eigenvalue weighted by atomic mass is 10.2. The molecule has 0 amide bonds. The fourth-order valence-corrected chi connectivity index (χ4v) is 4.57. The Balaban J connectivity index is 2.13. The molecule has 0 N–H and O–H groups in total. The number of nitrogens with zero attached hydrogens (tertiary/aromatic N) is 1. The van der Waals surface area contributed by atoms with Gasteiger partial charge in [0.2, 0.25) is 0 Å². The van der Waals surface area contributed by atoms with Crippen molar-refractivity contribution in [1.82, 2.24) is 0 Å². The van der Waals surface area contributed by atoms with Gasteiger partial charge < -0.3 is 9.47 Å². The molecule has 0 fully saturated rings. The second kappa shape index (κ2) is 8.93. The van der Waals surface area contributed by atoms with Gasteiger partial charge in [0.25, 0.3) is 10.0 Å². The van der Waals surface area contributed by atoms with Crippen LogP contribution >= 0.6 is 11.6 Å². The first-order chi connectivity index (χ1) is 14.2. The molecule has 0 atom stereocenters. The first-order valence-corrected chi connectivity index (χ1v) is 10.8. The largest absolute Gasteiger partial charge is 0.497 e. The Morgan fingerprint density at radius 3 is 2.20 bits per heavy atom. The van der Waals surface area contributed by atoms with Gasteiger partial charge in [-0.3, -0.25) is 4.31 Å². The van der Waals surface area contributed by atoms with Gasteiger partial charge in [-0.1, -0.05) is 23.7 Å². The van der Waals surface area contributed by atoms with Crippen LogP contribution in [0.25, 0.3) is 0 Å². The zero-order valence-electron chi connectivity index (χ0n) is 16.7. The maximum absolute atomic E-state index is 14.1. The van der Waals surface area contributed by atoms with Crippen LogP contribution in [-0.4, -0.2) is 22.6 Å². The first kappa shape index (κ1) is 21.9. The van der Waals surface area contributed by atoms with E-state index in [0.29, 0.717) is 33.3 Å². The number of anilines is 1. The molecule has 3 aromatic carbocycles. The third-order valence-corrected chi connectivity index (χ3v) is 6.57. The molecule has 0 saturated heterocycles. The molecule has 0 saturated carbocycles. The molecule has 3 aromatic rings. The zero-order valence-corrected chi connectivity index (χ0v) is 18.3. The maximum atomic E-state index is 14.1. The molecule has 0 aliphatic carbocycles. The Hall–Kier alpha value is -2.77. The van der Waals surface area contributed by atoms with Crippen LogP contribution in [-0.2, 0) is 16.6 Å². The summed E-state index contributed by atoms with van der Waals surface area (Å²) in [6.45, 7) is 1.54. The van der Waals surface area contributed by atoms with E-state index in [9.17, 15) is 12.8 Å². The Kier molecular flexibility index (Phi) is 6.53. The smallest absolute Gasteiger partial charge is 0.264 e. The molecule has 0 aliphatic heterocycles. The predicted octanol–water partition coefficient (Wildman–Crippen LogP) is 5.20. The minimum absolute atomic E-state index is 0.0360. The SMILES string of the molecule is COc1cc(CN(c2cccc(Cl)c2)S(=O)(=O)c2ccc(C)c(F)c2)cc(OC)c1. The van der Waals surface area contributed by atoms with E-state index >= 15 is 0 Å². The molecule has 5 nitrogen and oxygen atoms in total. The number of aryl methyl sites for hydroxylation is 1. The lowest BCUT2D eigenvalue weighted by Gasteiger charge is -2.25. The molecule has 8 heteroatoms. The van der Waals surface area contributed by atoms with Crippen molar-refractivity contribution in [3.8, 4) is 11.5 Å². The Bertz CT molecular complexity index is 1150. The highest BCUT2D eigenvalue weighted by atomic mass is 35.5. The molecule has 158 valence electrons. The van der Waals surface area contributed by atoms with Gasteiger partial charge in [-0.2, -0.15) is 0 Å². The fourth-order valence-electron chi connectivity index (χ4n) is 2.93. The standard InChI is InChI=1S/C22H21ClFNO4S/c1-15-7-8-21(13-22(15)24)30(26,27)25(18-6-4-5-17(23)11-18)14-16-9-19(28-2)12-20(10-16)29-3/h4-13H,14H2,1-3H3. The van der Waals surface area contributed by atoms with Crippen LogP contribution in [0.1, 0.15) is 11.1 Å². The Morgan fingerprint density at radius 2 is 1.63 bits per heavy atom. The van der Waals surface area contributed by atoms with Crippen molar-refractivity contribution in [1.29, 1.82) is 0 Å². The molecule has 0 aromatic heterocycles. The van der Waals surface area contributed by atoms with Crippen LogP contribution in [0.15, 0.2) is 65.6 Å². The van der Waals surface area contributed by atoms with Crippen LogP contribution < -0.4 is 13.8 Å². The lowest BCUT2D eigenvalue weighted by Crippen LogP contribution is -2.30. The summed E-state index contributed by atoms with van der Waals surface area (Å²) in [5.74, 6) is 0.452. The molecule has 0 radical (unpaired) electrons. The fraction of sp³-hybridized carbons (Fsp3) is 0.182. The van der Waals surface area contributed by atoms with Gasteiger partial charge in [-0.15, -0.1) is 0 Å². The van der Waals surface area contributed by atoms with E-state index in [1.807, 2.05) is 0 Å². The number of rotatable bonds is 7. The summed E-state index contributed by atoms with van der Waals surface area (Å²) >= 11 is 6.11. The normalized spacial score (nSPS) is 11.2. The van der Waals surface area contributed by atoms with Crippen molar-refractivity contribution < 1.29 is 22.3 Å². The third kappa shape index (κ3) is 4.68. The average molecular weight is 450 g/mol. The van der Waals surface area contributed by atoms with Crippen molar-refractivity contribution in [2.75, 3.05) is 18.5 Å². The summed E-state index contributed by atoms with van der Waals surface area (Å²) < 4.78 is 52.8. The summed E-state index contributed by atoms with van der Waals surface area (Å²) in [6.07, 6.45) is 0. The van der Waals surface area contributed by atoms with E-state index in [2.05, 4.69) is 0 Å². The molecule has 0 spiro atoms. The Labute approximate surface area is 180 Å². The van der Waals surface area contributed by atoms with Gasteiger partial charge in [-0.05, 0) is 60.5 Å². The predicted molar refractivity (Wildman–Crippen MR) is 116 cm³/mol. The van der Waals surface area contributed by atoms with E-state index < -0.39 is 15.8 Å². The summed E-state index contributed by atoms with van der Waals surface area (Å²) in [6, 6.07) is 15.4. The first-order valence-electron chi connectivity index (χ1n) is 9.01. The van der Waals surface area contributed by atoms with Crippen LogP contribution in [0.5, 0.6) is 11.5 Å². The molecule has 0 heterocycles. The monoisotopic (exact) mass is 449 g/mol. The van der Waals surface area contributed by atoms with Crippen molar-refractivity contribution in [3.63, 3.8) is 0 Å². The van der Waals surface area contributed by atoms with E-state index in [0.717, 1.165) is 6.07 Å². The zero-order chi connectivity index (χ0) is 21.9. The van der Waals surface area contributed by atoms with E-state index in [1.165, 1.54) is 30.7 Å². The van der Waals surface area contributed by atoms with Gasteiger partial charge in [0.1, 0.15) is 17.3 Å². The van der Waals surface area contributed by atoms with Gasteiger partial charge in [-0.25, -0.2) is 12.8 Å². The van der Waals surface area contributed by atoms with Crippen molar-refractivity contribution in [2.24, 2.45) is 0 Å². The molecule has 0 aliphatic rings. The number of hydrogen-bond donors (Lipinski definition) is 0.